The Morgan fingerprint density at radius 2 is 1.65 bits per heavy atom. The van der Waals surface area contributed by atoms with Gasteiger partial charge in [-0.05, 0) is 86.4 Å². The number of aliphatic hydroxyl groups excluding tert-OH is 1. The van der Waals surface area contributed by atoms with Crippen LogP contribution in [0.4, 0.5) is 0 Å². The van der Waals surface area contributed by atoms with E-state index in [-0.39, 0.29) is 5.60 Å². The lowest BCUT2D eigenvalue weighted by Crippen LogP contribution is -2.56. The maximum Gasteiger partial charge on any atom is 0.0706 e. The van der Waals surface area contributed by atoms with E-state index in [4.69, 9.17) is 5.11 Å². The number of hydrogen-bond acceptors (Lipinski definition) is 2. The van der Waals surface area contributed by atoms with Gasteiger partial charge >= 0.3 is 0 Å². The molecule has 0 aromatic carbocycles. The molecule has 7 unspecified atom stereocenters. The largest absolute Gasteiger partial charge is 0.400 e. The van der Waals surface area contributed by atoms with Gasteiger partial charge in [0.05, 0.1) is 5.60 Å². The van der Waals surface area contributed by atoms with Crippen molar-refractivity contribution in [1.82, 2.24) is 0 Å². The first-order chi connectivity index (χ1) is 11.1. The summed E-state index contributed by atoms with van der Waals surface area (Å²) in [5, 5.41) is 18.4. The highest BCUT2D eigenvalue weighted by atomic mass is 16.3. The Hall–Kier alpha value is -0.0800. The smallest absolute Gasteiger partial charge is 0.0706 e. The van der Waals surface area contributed by atoms with Crippen LogP contribution in [-0.2, 0) is 0 Å². The number of fused-ring (bicyclic) bond motifs is 5. The topological polar surface area (TPSA) is 40.5 Å². The van der Waals surface area contributed by atoms with Crippen molar-refractivity contribution >= 4 is 0 Å². The molecule has 2 heteroatoms. The van der Waals surface area contributed by atoms with E-state index in [0.29, 0.717) is 17.3 Å². The fraction of sp³-hybridized carbons (Fsp3) is 1.00. The molecule has 0 bridgehead atoms. The third-order valence-electron chi connectivity index (χ3n) is 8.70. The summed E-state index contributed by atoms with van der Waals surface area (Å²) in [7, 11) is 1.00. The van der Waals surface area contributed by atoms with Crippen molar-refractivity contribution in [2.45, 2.75) is 90.1 Å². The van der Waals surface area contributed by atoms with Crippen molar-refractivity contribution < 1.29 is 10.2 Å². The van der Waals surface area contributed by atoms with E-state index >= 15 is 0 Å². The van der Waals surface area contributed by atoms with Crippen LogP contribution >= 0.6 is 0 Å². The second-order valence-corrected chi connectivity index (χ2v) is 9.12. The summed E-state index contributed by atoms with van der Waals surface area (Å²) in [5.74, 6) is 4.01. The van der Waals surface area contributed by atoms with Crippen LogP contribution in [0.25, 0.3) is 0 Å². The van der Waals surface area contributed by atoms with E-state index in [1.165, 1.54) is 64.2 Å². The first-order valence-electron chi connectivity index (χ1n) is 10.3. The lowest BCUT2D eigenvalue weighted by molar-refractivity contribution is -0.155. The minimum absolute atomic E-state index is 0.284. The predicted octanol–water partition coefficient (Wildman–Crippen LogP) is 4.78. The van der Waals surface area contributed by atoms with Gasteiger partial charge in [0.25, 0.3) is 0 Å². The summed E-state index contributed by atoms with van der Waals surface area (Å²) >= 11 is 0. The highest BCUT2D eigenvalue weighted by molar-refractivity contribution is 5.10. The molecule has 0 spiro atoms. The van der Waals surface area contributed by atoms with Gasteiger partial charge < -0.3 is 10.2 Å². The van der Waals surface area contributed by atoms with Crippen LogP contribution in [0.3, 0.4) is 0 Å². The zero-order valence-electron chi connectivity index (χ0n) is 15.6. The Bertz CT molecular complexity index is 409. The molecule has 0 saturated heterocycles. The molecule has 2 nitrogen and oxygen atoms in total. The van der Waals surface area contributed by atoms with Crippen LogP contribution in [0.1, 0.15) is 84.5 Å². The van der Waals surface area contributed by atoms with E-state index < -0.39 is 0 Å². The average Bonchev–Trinajstić information content (AvgIpc) is 2.92. The van der Waals surface area contributed by atoms with E-state index in [1.807, 2.05) is 0 Å². The molecule has 7 atom stereocenters. The fourth-order valence-electron chi connectivity index (χ4n) is 7.60. The molecule has 4 rings (SSSR count). The molecule has 0 aromatic heterocycles. The molecule has 0 aromatic rings. The summed E-state index contributed by atoms with van der Waals surface area (Å²) in [6, 6.07) is 0. The van der Waals surface area contributed by atoms with Gasteiger partial charge in [-0.25, -0.2) is 0 Å². The van der Waals surface area contributed by atoms with E-state index in [1.54, 1.807) is 0 Å². The van der Waals surface area contributed by atoms with Crippen LogP contribution in [0.2, 0.25) is 0 Å². The summed E-state index contributed by atoms with van der Waals surface area (Å²) in [6.45, 7) is 4.92. The van der Waals surface area contributed by atoms with Crippen LogP contribution < -0.4 is 0 Å². The molecule has 0 heterocycles. The van der Waals surface area contributed by atoms with Gasteiger partial charge in [0.15, 0.2) is 0 Å². The third-order valence-corrected chi connectivity index (χ3v) is 8.70. The van der Waals surface area contributed by atoms with Gasteiger partial charge in [0.2, 0.25) is 0 Å². The van der Waals surface area contributed by atoms with Crippen molar-refractivity contribution in [2.75, 3.05) is 7.11 Å². The van der Waals surface area contributed by atoms with Crippen molar-refractivity contribution in [3.05, 3.63) is 0 Å². The Kier molecular flexibility index (Phi) is 5.14. The molecule has 4 saturated carbocycles. The predicted molar refractivity (Wildman–Crippen MR) is 95.1 cm³/mol. The monoisotopic (exact) mass is 322 g/mol. The second-order valence-electron chi connectivity index (χ2n) is 9.12. The molecule has 4 aliphatic carbocycles. The van der Waals surface area contributed by atoms with Crippen LogP contribution in [-0.4, -0.2) is 22.9 Å². The molecule has 4 aliphatic rings. The third kappa shape index (κ3) is 2.59. The standard InChI is InChI=1S/C20H34O.CH4O/c1-3-14-8-10-18-16-9-7-15-6-4-5-12-19(15,2)17(16)11-13-20(14,18)21;1-2/h14-18,21H,3-13H2,1-2H3;2H,1H3. The Labute approximate surface area is 143 Å². The van der Waals surface area contributed by atoms with E-state index in [0.717, 1.165) is 31.3 Å². The van der Waals surface area contributed by atoms with Crippen molar-refractivity contribution in [3.8, 4) is 0 Å². The first-order valence-corrected chi connectivity index (χ1v) is 10.3. The van der Waals surface area contributed by atoms with Gasteiger partial charge in [-0.3, -0.25) is 0 Å². The van der Waals surface area contributed by atoms with E-state index in [2.05, 4.69) is 13.8 Å². The SMILES string of the molecule is CCC1CCC2C3CCC4CCCCC4(C)C3CCC12O.CO. The molecule has 134 valence electrons. The fourth-order valence-corrected chi connectivity index (χ4v) is 7.60. The quantitative estimate of drug-likeness (QED) is 0.729. The first kappa shape index (κ1) is 17.7. The van der Waals surface area contributed by atoms with Gasteiger partial charge in [-0.1, -0.05) is 33.1 Å². The molecule has 23 heavy (non-hydrogen) atoms. The molecule has 0 amide bonds. The molecule has 0 radical (unpaired) electrons. The minimum atomic E-state index is -0.284. The minimum Gasteiger partial charge on any atom is -0.400 e. The lowest BCUT2D eigenvalue weighted by Gasteiger charge is -2.60. The molecule has 2 N–H and O–H groups in total. The zero-order valence-corrected chi connectivity index (χ0v) is 15.6. The van der Waals surface area contributed by atoms with Crippen LogP contribution in [0.5, 0.6) is 0 Å². The van der Waals surface area contributed by atoms with Crippen molar-refractivity contribution in [3.63, 3.8) is 0 Å². The van der Waals surface area contributed by atoms with Gasteiger partial charge in [-0.2, -0.15) is 0 Å². The Morgan fingerprint density at radius 3 is 2.39 bits per heavy atom. The van der Waals surface area contributed by atoms with E-state index in [9.17, 15) is 5.11 Å². The van der Waals surface area contributed by atoms with Crippen LogP contribution in [0.15, 0.2) is 0 Å². The maximum absolute atomic E-state index is 11.4. The molecule has 0 aliphatic heterocycles. The number of hydrogen-bond donors (Lipinski definition) is 2. The normalized spacial score (nSPS) is 51.8. The van der Waals surface area contributed by atoms with Crippen LogP contribution in [0, 0.1) is 35.0 Å². The van der Waals surface area contributed by atoms with Crippen molar-refractivity contribution in [2.24, 2.45) is 35.0 Å². The summed E-state index contributed by atoms with van der Waals surface area (Å²) in [4.78, 5) is 0. The zero-order chi connectivity index (χ0) is 16.7. The highest BCUT2D eigenvalue weighted by Crippen LogP contribution is 2.65. The number of aliphatic hydroxyl groups is 2. The van der Waals surface area contributed by atoms with Gasteiger partial charge in [0.1, 0.15) is 0 Å². The van der Waals surface area contributed by atoms with Gasteiger partial charge in [-0.15, -0.1) is 0 Å². The molecular formula is C21H38O2. The Morgan fingerprint density at radius 1 is 0.870 bits per heavy atom. The van der Waals surface area contributed by atoms with Crippen molar-refractivity contribution in [1.29, 1.82) is 0 Å². The summed E-state index contributed by atoms with van der Waals surface area (Å²) in [5.41, 5.74) is 0.334. The molecular weight excluding hydrogens is 284 g/mol. The molecule has 4 fully saturated rings. The average molecular weight is 323 g/mol. The van der Waals surface area contributed by atoms with Gasteiger partial charge in [0, 0.05) is 7.11 Å². The summed E-state index contributed by atoms with van der Waals surface area (Å²) in [6.07, 6.45) is 15.0. The Balaban J connectivity index is 0.000000753. The maximum atomic E-state index is 11.4. The second kappa shape index (κ2) is 6.67. The highest BCUT2D eigenvalue weighted by Gasteiger charge is 2.60. The lowest BCUT2D eigenvalue weighted by atomic mass is 9.46. The summed E-state index contributed by atoms with van der Waals surface area (Å²) < 4.78 is 0. The number of rotatable bonds is 1.